The largest absolute Gasteiger partial charge is 0.504 e. The summed E-state index contributed by atoms with van der Waals surface area (Å²) in [6, 6.07) is 1.44. The van der Waals surface area contributed by atoms with E-state index in [-0.39, 0.29) is 0 Å². The van der Waals surface area contributed by atoms with Gasteiger partial charge in [0.15, 0.2) is 23.0 Å². The average molecular weight is 512 g/mol. The monoisotopic (exact) mass is 511 g/mol. The van der Waals surface area contributed by atoms with Crippen molar-refractivity contribution < 1.29 is 43.7 Å². The van der Waals surface area contributed by atoms with Gasteiger partial charge in [-0.05, 0) is 12.1 Å². The molecule has 2 aromatic rings. The summed E-state index contributed by atoms with van der Waals surface area (Å²) in [6.45, 7) is 0. The standard InChI is InChI=1S/C13H6F5NO5S5/c14-25-9-6(19-13(23)3-1-4(20)7(22)5(21)2-3)8(24-29-18)10(26-15)12(28-17)11(9)27-16/h1-2,20-22H,(H,19,23). The molecule has 0 spiro atoms. The maximum Gasteiger partial charge on any atom is 0.272 e. The highest BCUT2D eigenvalue weighted by Gasteiger charge is 2.30. The molecule has 0 heterocycles. The highest BCUT2D eigenvalue weighted by molar-refractivity contribution is 8.00. The van der Waals surface area contributed by atoms with Crippen LogP contribution in [0.2, 0.25) is 0 Å². The lowest BCUT2D eigenvalue weighted by atomic mass is 10.1. The number of hydrogen-bond donors (Lipinski definition) is 4. The van der Waals surface area contributed by atoms with Crippen LogP contribution >= 0.6 is 61.0 Å². The van der Waals surface area contributed by atoms with Crippen LogP contribution in [0, 0.1) is 0 Å². The van der Waals surface area contributed by atoms with E-state index >= 15 is 0 Å². The number of nitrogens with one attached hydrogen (secondary N) is 1. The minimum atomic E-state index is -1.18. The number of rotatable bonds is 8. The first-order chi connectivity index (χ1) is 13.8. The van der Waals surface area contributed by atoms with Gasteiger partial charge in [0.05, 0.1) is 63.3 Å². The quantitative estimate of drug-likeness (QED) is 0.171. The fourth-order valence-corrected chi connectivity index (χ4v) is 4.51. The molecule has 0 saturated heterocycles. The van der Waals surface area contributed by atoms with E-state index in [0.29, 0.717) is 0 Å². The fraction of sp³-hybridized carbons (Fsp3) is 0. The summed E-state index contributed by atoms with van der Waals surface area (Å²) in [5.74, 6) is -4.70. The Kier molecular flexibility index (Phi) is 8.62. The van der Waals surface area contributed by atoms with E-state index in [4.69, 9.17) is 0 Å². The number of carbonyl (C=O) groups is 1. The van der Waals surface area contributed by atoms with Crippen molar-refractivity contribution in [1.82, 2.24) is 0 Å². The van der Waals surface area contributed by atoms with Crippen molar-refractivity contribution in [2.45, 2.75) is 19.6 Å². The fourth-order valence-electron chi connectivity index (χ4n) is 2.07. The molecule has 0 saturated carbocycles. The highest BCUT2D eigenvalue weighted by atomic mass is 32.2. The number of halogens is 5. The minimum Gasteiger partial charge on any atom is -0.504 e. The van der Waals surface area contributed by atoms with E-state index in [9.17, 15) is 39.5 Å². The molecule has 0 atom stereocenters. The molecule has 0 aliphatic heterocycles. The molecule has 158 valence electrons. The van der Waals surface area contributed by atoms with Crippen LogP contribution in [0.25, 0.3) is 0 Å². The van der Waals surface area contributed by atoms with Crippen LogP contribution in [0.15, 0.2) is 31.7 Å². The maximum atomic E-state index is 13.5. The Morgan fingerprint density at radius 1 is 0.828 bits per heavy atom. The third kappa shape index (κ3) is 4.82. The molecular formula is C13H6F5NO5S5. The van der Waals surface area contributed by atoms with Crippen LogP contribution in [0.3, 0.4) is 0 Å². The predicted octanol–water partition coefficient (Wildman–Crippen LogP) is 6.87. The van der Waals surface area contributed by atoms with E-state index in [1.807, 2.05) is 5.32 Å². The van der Waals surface area contributed by atoms with Crippen molar-refractivity contribution in [3.05, 3.63) is 17.7 Å². The summed E-state index contributed by atoms with van der Waals surface area (Å²) in [7, 11) is 0. The van der Waals surface area contributed by atoms with Gasteiger partial charge in [0.2, 0.25) is 0 Å². The Bertz CT molecular complexity index is 915. The van der Waals surface area contributed by atoms with E-state index in [0.717, 1.165) is 12.1 Å². The Balaban J connectivity index is 2.68. The lowest BCUT2D eigenvalue weighted by Gasteiger charge is -2.18. The summed E-state index contributed by atoms with van der Waals surface area (Å²) >= 11 is -3.45. The van der Waals surface area contributed by atoms with Gasteiger partial charge in [-0.25, -0.2) is 0 Å². The molecular weight excluding hydrogens is 505 g/mol. The molecule has 16 heteroatoms. The molecule has 29 heavy (non-hydrogen) atoms. The van der Waals surface area contributed by atoms with Crippen LogP contribution in [-0.2, 0) is 0 Å². The molecule has 0 aliphatic carbocycles. The Labute approximate surface area is 181 Å². The number of aromatic hydroxyl groups is 3. The molecule has 2 rings (SSSR count). The van der Waals surface area contributed by atoms with Gasteiger partial charge < -0.3 is 24.8 Å². The summed E-state index contributed by atoms with van der Waals surface area (Å²) in [4.78, 5) is 9.42. The zero-order valence-electron chi connectivity index (χ0n) is 13.2. The minimum absolute atomic E-state index is 0.473. The zero-order valence-corrected chi connectivity index (χ0v) is 17.3. The summed E-state index contributed by atoms with van der Waals surface area (Å²) in [5, 5.41) is 30.3. The molecule has 4 N–H and O–H groups in total. The molecule has 0 aromatic heterocycles. The van der Waals surface area contributed by atoms with Gasteiger partial charge in [-0.3, -0.25) is 4.79 Å². The third-order valence-electron chi connectivity index (χ3n) is 3.27. The number of phenolic OH excluding ortho intramolecular Hbond substituents is 3. The van der Waals surface area contributed by atoms with Gasteiger partial charge in [0.1, 0.15) is 10.6 Å². The van der Waals surface area contributed by atoms with E-state index in [2.05, 4.69) is 4.18 Å². The van der Waals surface area contributed by atoms with Crippen molar-refractivity contribution >= 4 is 72.6 Å². The van der Waals surface area contributed by atoms with Gasteiger partial charge in [-0.1, -0.05) is 0 Å². The first-order valence-corrected chi connectivity index (χ1v) is 10.2. The summed E-state index contributed by atoms with van der Waals surface area (Å²) in [5.41, 5.74) is -1.21. The van der Waals surface area contributed by atoms with Crippen LogP contribution in [0.1, 0.15) is 10.4 Å². The highest BCUT2D eigenvalue weighted by Crippen LogP contribution is 2.55. The topological polar surface area (TPSA) is 99.0 Å². The maximum absolute atomic E-state index is 13.5. The second kappa shape index (κ2) is 10.5. The van der Waals surface area contributed by atoms with Gasteiger partial charge in [-0.15, -0.1) is 3.89 Å². The lowest BCUT2D eigenvalue weighted by Crippen LogP contribution is -2.14. The van der Waals surface area contributed by atoms with Crippen LogP contribution in [0.5, 0.6) is 23.0 Å². The van der Waals surface area contributed by atoms with Crippen molar-refractivity contribution in [3.8, 4) is 23.0 Å². The molecule has 0 bridgehead atoms. The normalized spacial score (nSPS) is 10.8. The van der Waals surface area contributed by atoms with Gasteiger partial charge in [0, 0.05) is 5.56 Å². The van der Waals surface area contributed by atoms with Gasteiger partial charge >= 0.3 is 0 Å². The Morgan fingerprint density at radius 2 is 1.31 bits per heavy atom. The van der Waals surface area contributed by atoms with Gasteiger partial charge in [0.25, 0.3) is 18.3 Å². The average Bonchev–Trinajstić information content (AvgIpc) is 2.71. The van der Waals surface area contributed by atoms with Crippen molar-refractivity contribution in [3.63, 3.8) is 0 Å². The van der Waals surface area contributed by atoms with Crippen LogP contribution in [-0.4, -0.2) is 21.2 Å². The van der Waals surface area contributed by atoms with Crippen LogP contribution < -0.4 is 9.50 Å². The summed E-state index contributed by atoms with van der Waals surface area (Å²) < 4.78 is 70.7. The summed E-state index contributed by atoms with van der Waals surface area (Å²) in [6.07, 6.45) is 0. The van der Waals surface area contributed by atoms with Crippen molar-refractivity contribution in [1.29, 1.82) is 0 Å². The molecule has 6 nitrogen and oxygen atoms in total. The molecule has 0 aliphatic rings. The van der Waals surface area contributed by atoms with E-state index in [1.165, 1.54) is 0 Å². The van der Waals surface area contributed by atoms with Crippen molar-refractivity contribution in [2.24, 2.45) is 0 Å². The Hall–Kier alpha value is -1.49. The zero-order chi connectivity index (χ0) is 21.7. The lowest BCUT2D eigenvalue weighted by molar-refractivity contribution is 0.102. The second-order valence-electron chi connectivity index (χ2n) is 4.79. The first-order valence-electron chi connectivity index (χ1n) is 6.74. The number of amides is 1. The first kappa shape index (κ1) is 23.8. The molecule has 0 unspecified atom stereocenters. The number of benzene rings is 2. The molecule has 0 fully saturated rings. The van der Waals surface area contributed by atoms with Crippen molar-refractivity contribution in [2.75, 3.05) is 5.32 Å². The van der Waals surface area contributed by atoms with E-state index in [1.54, 1.807) is 0 Å². The van der Waals surface area contributed by atoms with Crippen LogP contribution in [0.4, 0.5) is 25.1 Å². The van der Waals surface area contributed by atoms with Gasteiger partial charge in [-0.2, -0.15) is 15.5 Å². The Morgan fingerprint density at radius 3 is 1.76 bits per heavy atom. The number of anilines is 1. The second-order valence-corrected chi connectivity index (χ2v) is 7.34. The molecule has 2 aromatic carbocycles. The smallest absolute Gasteiger partial charge is 0.272 e. The molecule has 1 amide bonds. The number of carbonyl (C=O) groups excluding carboxylic acids is 1. The van der Waals surface area contributed by atoms with E-state index < -0.39 is 121 Å². The molecule has 0 radical (unpaired) electrons. The number of phenols is 3. The SMILES string of the molecule is O=C(Nc1c(OSF)c(SF)c(SF)c(SF)c1SF)c1cc(O)c(O)c(O)c1. The third-order valence-corrected chi connectivity index (χ3v) is 6.12. The number of hydrogen-bond acceptors (Lipinski definition) is 10. The predicted molar refractivity (Wildman–Crippen MR) is 103 cm³/mol.